The minimum Gasteiger partial charge on any atom is -0.491 e. The topological polar surface area (TPSA) is 65.6 Å². The van der Waals surface area contributed by atoms with Gasteiger partial charge in [-0.05, 0) is 45.1 Å². The second-order valence-electron chi connectivity index (χ2n) is 7.60. The molecule has 0 atom stereocenters. The molecule has 1 amide bonds. The third kappa shape index (κ3) is 3.67. The number of piperidine rings is 1. The standard InChI is InChI=1S/C19H24F2N2O3/c1-19(2,25)10-11-4-6-23(7-5-11)18(24)15-8-12-14(22-15)9-13(20)17(26-3)16(12)21/h8-9,11,22,25H,4-7,10H2,1-3H3. The van der Waals surface area contributed by atoms with Crippen LogP contribution in [0.4, 0.5) is 8.78 Å². The van der Waals surface area contributed by atoms with Crippen molar-refractivity contribution in [3.8, 4) is 5.75 Å². The van der Waals surface area contributed by atoms with Crippen molar-refractivity contribution in [1.29, 1.82) is 0 Å². The summed E-state index contributed by atoms with van der Waals surface area (Å²) < 4.78 is 32.9. The lowest BCUT2D eigenvalue weighted by Gasteiger charge is -2.34. The number of ether oxygens (including phenoxy) is 1. The summed E-state index contributed by atoms with van der Waals surface area (Å²) in [5.41, 5.74) is -0.261. The molecule has 0 aliphatic carbocycles. The molecule has 1 fully saturated rings. The molecule has 0 bridgehead atoms. The summed E-state index contributed by atoms with van der Waals surface area (Å²) in [5, 5.41) is 10.1. The Kier molecular flexibility index (Phi) is 4.92. The Hall–Kier alpha value is -2.15. The number of methoxy groups -OCH3 is 1. The molecule has 5 nitrogen and oxygen atoms in total. The van der Waals surface area contributed by atoms with Crippen molar-refractivity contribution in [2.45, 2.75) is 38.7 Å². The molecule has 1 aromatic carbocycles. The van der Waals surface area contributed by atoms with Crippen LogP contribution in [0, 0.1) is 17.6 Å². The van der Waals surface area contributed by atoms with Crippen molar-refractivity contribution < 1.29 is 23.4 Å². The fraction of sp³-hybridized carbons (Fsp3) is 0.526. The summed E-state index contributed by atoms with van der Waals surface area (Å²) in [6.07, 6.45) is 2.32. The maximum absolute atomic E-state index is 14.3. The van der Waals surface area contributed by atoms with Crippen LogP contribution in [0.25, 0.3) is 10.9 Å². The molecular formula is C19H24F2N2O3. The number of hydrogen-bond donors (Lipinski definition) is 2. The van der Waals surface area contributed by atoms with E-state index in [0.717, 1.165) is 18.9 Å². The second kappa shape index (κ2) is 6.87. The zero-order valence-electron chi connectivity index (χ0n) is 15.2. The van der Waals surface area contributed by atoms with Crippen molar-refractivity contribution in [1.82, 2.24) is 9.88 Å². The zero-order valence-corrected chi connectivity index (χ0v) is 15.2. The Morgan fingerprint density at radius 3 is 2.58 bits per heavy atom. The van der Waals surface area contributed by atoms with Gasteiger partial charge in [0.2, 0.25) is 0 Å². The van der Waals surface area contributed by atoms with Crippen molar-refractivity contribution in [3.05, 3.63) is 29.5 Å². The molecule has 1 aliphatic rings. The highest BCUT2D eigenvalue weighted by Gasteiger charge is 2.28. The number of likely N-dealkylation sites (tertiary alicyclic amines) is 1. The number of nitrogens with zero attached hydrogens (tertiary/aromatic N) is 1. The lowest BCUT2D eigenvalue weighted by Crippen LogP contribution is -2.40. The highest BCUT2D eigenvalue weighted by atomic mass is 19.1. The number of hydrogen-bond acceptors (Lipinski definition) is 3. The van der Waals surface area contributed by atoms with Gasteiger partial charge in [0.25, 0.3) is 5.91 Å². The van der Waals surface area contributed by atoms with Gasteiger partial charge in [0.15, 0.2) is 17.4 Å². The molecular weight excluding hydrogens is 342 g/mol. The number of amides is 1. The highest BCUT2D eigenvalue weighted by molar-refractivity contribution is 5.98. The van der Waals surface area contributed by atoms with Gasteiger partial charge in [0.1, 0.15) is 5.69 Å². The van der Waals surface area contributed by atoms with Gasteiger partial charge in [-0.3, -0.25) is 4.79 Å². The maximum atomic E-state index is 14.3. The third-order valence-electron chi connectivity index (χ3n) is 4.90. The lowest BCUT2D eigenvalue weighted by atomic mass is 9.86. The Bertz CT molecular complexity index is 818. The third-order valence-corrected chi connectivity index (χ3v) is 4.90. The van der Waals surface area contributed by atoms with Gasteiger partial charge >= 0.3 is 0 Å². The molecule has 1 aromatic heterocycles. The van der Waals surface area contributed by atoms with E-state index in [9.17, 15) is 18.7 Å². The summed E-state index contributed by atoms with van der Waals surface area (Å²) in [6, 6.07) is 2.53. The average Bonchev–Trinajstić information content (AvgIpc) is 2.98. The number of H-pyrrole nitrogens is 1. The van der Waals surface area contributed by atoms with Crippen LogP contribution in [0.5, 0.6) is 5.75 Å². The lowest BCUT2D eigenvalue weighted by molar-refractivity contribution is 0.0357. The number of fused-ring (bicyclic) bond motifs is 1. The van der Waals surface area contributed by atoms with Crippen molar-refractivity contribution in [2.75, 3.05) is 20.2 Å². The van der Waals surface area contributed by atoms with Gasteiger partial charge in [-0.1, -0.05) is 0 Å². The molecule has 0 saturated carbocycles. The van der Waals surface area contributed by atoms with Gasteiger partial charge in [-0.15, -0.1) is 0 Å². The van der Waals surface area contributed by atoms with E-state index >= 15 is 0 Å². The first kappa shape index (κ1) is 18.6. The molecule has 2 N–H and O–H groups in total. The molecule has 0 unspecified atom stereocenters. The summed E-state index contributed by atoms with van der Waals surface area (Å²) in [7, 11) is 1.20. The molecule has 2 aromatic rings. The molecule has 1 saturated heterocycles. The highest BCUT2D eigenvalue weighted by Crippen LogP contribution is 2.31. The molecule has 2 heterocycles. The van der Waals surface area contributed by atoms with E-state index < -0.39 is 23.0 Å². The normalized spacial score (nSPS) is 16.3. The zero-order chi connectivity index (χ0) is 19.1. The fourth-order valence-electron chi connectivity index (χ4n) is 3.70. The Morgan fingerprint density at radius 1 is 1.35 bits per heavy atom. The van der Waals surface area contributed by atoms with E-state index in [1.165, 1.54) is 13.2 Å². The first-order valence-corrected chi connectivity index (χ1v) is 8.76. The van der Waals surface area contributed by atoms with Crippen LogP contribution < -0.4 is 4.74 Å². The SMILES string of the molecule is COc1c(F)cc2[nH]c(C(=O)N3CCC(CC(C)(C)O)CC3)cc2c1F. The number of rotatable bonds is 4. The number of carbonyl (C=O) groups excluding carboxylic acids is 1. The van der Waals surface area contributed by atoms with Crippen LogP contribution >= 0.6 is 0 Å². The van der Waals surface area contributed by atoms with Gasteiger partial charge < -0.3 is 19.7 Å². The van der Waals surface area contributed by atoms with E-state index in [1.54, 1.807) is 18.7 Å². The first-order valence-electron chi connectivity index (χ1n) is 8.76. The maximum Gasteiger partial charge on any atom is 0.270 e. The van der Waals surface area contributed by atoms with Crippen LogP contribution in [0.2, 0.25) is 0 Å². The van der Waals surface area contributed by atoms with Crippen molar-refractivity contribution in [3.63, 3.8) is 0 Å². The van der Waals surface area contributed by atoms with Crippen LogP contribution in [-0.4, -0.2) is 46.7 Å². The molecule has 1 aliphatic heterocycles. The van der Waals surface area contributed by atoms with E-state index in [-0.39, 0.29) is 22.5 Å². The van der Waals surface area contributed by atoms with E-state index in [4.69, 9.17) is 4.74 Å². The monoisotopic (exact) mass is 366 g/mol. The average molecular weight is 366 g/mol. The number of aliphatic hydroxyl groups is 1. The predicted molar refractivity (Wildman–Crippen MR) is 94.3 cm³/mol. The number of benzene rings is 1. The van der Waals surface area contributed by atoms with Gasteiger partial charge in [0.05, 0.1) is 18.2 Å². The fourth-order valence-corrected chi connectivity index (χ4v) is 3.70. The number of aromatic nitrogens is 1. The minimum absolute atomic E-state index is 0.128. The van der Waals surface area contributed by atoms with E-state index in [2.05, 4.69) is 4.98 Å². The number of halogens is 2. The predicted octanol–water partition coefficient (Wildman–Crippen LogP) is 3.47. The molecule has 142 valence electrons. The minimum atomic E-state index is -0.818. The van der Waals surface area contributed by atoms with Crippen LogP contribution in [-0.2, 0) is 0 Å². The smallest absolute Gasteiger partial charge is 0.270 e. The molecule has 3 rings (SSSR count). The van der Waals surface area contributed by atoms with Gasteiger partial charge in [-0.25, -0.2) is 8.78 Å². The van der Waals surface area contributed by atoms with Gasteiger partial charge in [0, 0.05) is 24.5 Å². The Labute approximate surface area is 150 Å². The number of nitrogens with one attached hydrogen (secondary N) is 1. The molecule has 0 spiro atoms. The number of carbonyl (C=O) groups is 1. The molecule has 26 heavy (non-hydrogen) atoms. The van der Waals surface area contributed by atoms with E-state index in [1.807, 2.05) is 0 Å². The summed E-state index contributed by atoms with van der Waals surface area (Å²) >= 11 is 0. The van der Waals surface area contributed by atoms with Crippen molar-refractivity contribution in [2.24, 2.45) is 5.92 Å². The van der Waals surface area contributed by atoms with Crippen LogP contribution in [0.1, 0.15) is 43.6 Å². The molecule has 0 radical (unpaired) electrons. The number of aromatic amines is 1. The Balaban J connectivity index is 1.76. The summed E-state index contributed by atoms with van der Waals surface area (Å²) in [5.74, 6) is -1.95. The van der Waals surface area contributed by atoms with E-state index in [0.29, 0.717) is 25.4 Å². The summed E-state index contributed by atoms with van der Waals surface area (Å²) in [6.45, 7) is 4.73. The van der Waals surface area contributed by atoms with Crippen molar-refractivity contribution >= 4 is 16.8 Å². The van der Waals surface area contributed by atoms with Gasteiger partial charge in [-0.2, -0.15) is 0 Å². The van der Waals surface area contributed by atoms with Crippen LogP contribution in [0.15, 0.2) is 12.1 Å². The second-order valence-corrected chi connectivity index (χ2v) is 7.60. The quantitative estimate of drug-likeness (QED) is 0.871. The van der Waals surface area contributed by atoms with Crippen LogP contribution in [0.3, 0.4) is 0 Å². The first-order chi connectivity index (χ1) is 12.2. The largest absolute Gasteiger partial charge is 0.491 e. The molecule has 7 heteroatoms. The summed E-state index contributed by atoms with van der Waals surface area (Å²) in [4.78, 5) is 17.2. The Morgan fingerprint density at radius 2 is 2.00 bits per heavy atom.